The summed E-state index contributed by atoms with van der Waals surface area (Å²) in [5, 5.41) is 3.64. The van der Waals surface area contributed by atoms with Gasteiger partial charge in [-0.2, -0.15) is 0 Å². The van der Waals surface area contributed by atoms with Crippen LogP contribution in [0.4, 0.5) is 0 Å². The fourth-order valence-corrected chi connectivity index (χ4v) is 4.95. The van der Waals surface area contributed by atoms with E-state index in [1.54, 1.807) is 0 Å². The highest BCUT2D eigenvalue weighted by Gasteiger charge is 2.35. The van der Waals surface area contributed by atoms with Crippen LogP contribution in [0.5, 0.6) is 0 Å². The van der Waals surface area contributed by atoms with Crippen molar-refractivity contribution in [2.45, 2.75) is 57.0 Å². The van der Waals surface area contributed by atoms with E-state index in [0.717, 1.165) is 44.3 Å². The number of Topliss-reactive ketones (excluding diaryl/α,β-unsaturated/α-hetero) is 1. The van der Waals surface area contributed by atoms with Gasteiger partial charge >= 0.3 is 0 Å². The second kappa shape index (κ2) is 8.53. The van der Waals surface area contributed by atoms with Crippen LogP contribution in [0.25, 0.3) is 0 Å². The third-order valence-corrected chi connectivity index (χ3v) is 6.31. The van der Waals surface area contributed by atoms with Crippen molar-refractivity contribution < 1.29 is 9.59 Å². The highest BCUT2D eigenvalue weighted by molar-refractivity contribution is 5.98. The van der Waals surface area contributed by atoms with Crippen LogP contribution >= 0.6 is 12.4 Å². The summed E-state index contributed by atoms with van der Waals surface area (Å²) in [6.07, 6.45) is 7.18. The van der Waals surface area contributed by atoms with Crippen LogP contribution in [0.3, 0.4) is 0 Å². The minimum absolute atomic E-state index is 0. The van der Waals surface area contributed by atoms with Crippen LogP contribution in [0.1, 0.15) is 55.3 Å². The van der Waals surface area contributed by atoms with Crippen molar-refractivity contribution in [3.63, 3.8) is 0 Å². The molecular weight excluding hydrogens is 348 g/mol. The summed E-state index contributed by atoms with van der Waals surface area (Å²) in [7, 11) is 0. The molecule has 3 aliphatic heterocycles. The van der Waals surface area contributed by atoms with E-state index in [-0.39, 0.29) is 24.1 Å². The summed E-state index contributed by atoms with van der Waals surface area (Å²) >= 11 is 0. The molecule has 3 aliphatic rings. The second-order valence-electron chi connectivity index (χ2n) is 8.06. The Bertz CT molecular complexity index is 616. The number of nitrogens with one attached hydrogen (secondary N) is 1. The number of hydrogen-bond acceptors (Lipinski definition) is 3. The van der Waals surface area contributed by atoms with Gasteiger partial charge in [0.15, 0.2) is 5.78 Å². The van der Waals surface area contributed by atoms with Crippen molar-refractivity contribution in [2.75, 3.05) is 13.1 Å². The molecule has 3 heterocycles. The topological polar surface area (TPSA) is 49.4 Å². The van der Waals surface area contributed by atoms with Gasteiger partial charge in [0.25, 0.3) is 0 Å². The lowest BCUT2D eigenvalue weighted by molar-refractivity contribution is -0.133. The van der Waals surface area contributed by atoms with E-state index in [0.29, 0.717) is 30.3 Å². The maximum atomic E-state index is 12.7. The largest absolute Gasteiger partial charge is 0.343 e. The molecule has 3 saturated heterocycles. The van der Waals surface area contributed by atoms with Crippen molar-refractivity contribution in [3.8, 4) is 0 Å². The molecule has 0 spiro atoms. The molecule has 2 unspecified atom stereocenters. The Morgan fingerprint density at radius 1 is 0.962 bits per heavy atom. The lowest BCUT2D eigenvalue weighted by Gasteiger charge is -2.34. The third kappa shape index (κ3) is 4.29. The van der Waals surface area contributed by atoms with E-state index in [1.807, 2.05) is 35.2 Å². The van der Waals surface area contributed by atoms with Crippen LogP contribution in [0.15, 0.2) is 30.3 Å². The number of likely N-dealkylation sites (tertiary alicyclic amines) is 1. The Balaban J connectivity index is 0.00000196. The molecule has 5 heteroatoms. The molecule has 1 aromatic carbocycles. The first-order valence-electron chi connectivity index (χ1n) is 9.82. The van der Waals surface area contributed by atoms with Gasteiger partial charge in [-0.15, -0.1) is 12.4 Å². The Morgan fingerprint density at radius 3 is 2.19 bits per heavy atom. The number of benzene rings is 1. The van der Waals surface area contributed by atoms with Gasteiger partial charge in [-0.1, -0.05) is 30.3 Å². The summed E-state index contributed by atoms with van der Waals surface area (Å²) in [5.74, 6) is 1.16. The number of carbonyl (C=O) groups is 2. The number of piperidine rings is 2. The fourth-order valence-electron chi connectivity index (χ4n) is 4.95. The lowest BCUT2D eigenvalue weighted by Crippen LogP contribution is -2.43. The first kappa shape index (κ1) is 19.4. The number of amides is 1. The van der Waals surface area contributed by atoms with E-state index in [1.165, 1.54) is 12.8 Å². The predicted octanol–water partition coefficient (Wildman–Crippen LogP) is 3.45. The Hall–Kier alpha value is -1.39. The van der Waals surface area contributed by atoms with Gasteiger partial charge in [0.2, 0.25) is 5.91 Å². The van der Waals surface area contributed by atoms with Crippen LogP contribution in [0, 0.1) is 11.8 Å². The minimum Gasteiger partial charge on any atom is -0.343 e. The molecule has 4 rings (SSSR count). The zero-order valence-corrected chi connectivity index (χ0v) is 16.0. The highest BCUT2D eigenvalue weighted by Crippen LogP contribution is 2.33. The zero-order chi connectivity index (χ0) is 17.2. The van der Waals surface area contributed by atoms with Crippen molar-refractivity contribution in [1.82, 2.24) is 10.2 Å². The molecule has 1 aromatic rings. The molecular formula is C21H29ClN2O2. The molecule has 0 aliphatic carbocycles. The Labute approximate surface area is 162 Å². The first-order valence-corrected chi connectivity index (χ1v) is 9.82. The lowest BCUT2D eigenvalue weighted by atomic mass is 9.87. The van der Waals surface area contributed by atoms with E-state index in [4.69, 9.17) is 0 Å². The molecule has 1 N–H and O–H groups in total. The summed E-state index contributed by atoms with van der Waals surface area (Å²) < 4.78 is 0. The third-order valence-electron chi connectivity index (χ3n) is 6.31. The van der Waals surface area contributed by atoms with Gasteiger partial charge in [0, 0.05) is 43.1 Å². The standard InChI is InChI=1S/C21H28N2O2.ClH/c24-20(14-15-12-18-6-7-19(13-15)22-18)23-10-8-17(9-11-23)21(25)16-4-2-1-3-5-16;/h1-5,15,17-19,22H,6-14H2;1H. The van der Waals surface area contributed by atoms with Crippen molar-refractivity contribution >= 4 is 24.1 Å². The SMILES string of the molecule is Cl.O=C(c1ccccc1)C1CCN(C(=O)CC2CC3CCC(C2)N3)CC1. The van der Waals surface area contributed by atoms with Gasteiger partial charge < -0.3 is 10.2 Å². The van der Waals surface area contributed by atoms with Gasteiger partial charge in [-0.3, -0.25) is 9.59 Å². The normalized spacial score (nSPS) is 28.5. The molecule has 3 fully saturated rings. The Morgan fingerprint density at radius 2 is 1.58 bits per heavy atom. The van der Waals surface area contributed by atoms with E-state index >= 15 is 0 Å². The smallest absolute Gasteiger partial charge is 0.222 e. The molecule has 4 nitrogen and oxygen atoms in total. The van der Waals surface area contributed by atoms with Crippen molar-refractivity contribution in [2.24, 2.45) is 11.8 Å². The highest BCUT2D eigenvalue weighted by atomic mass is 35.5. The monoisotopic (exact) mass is 376 g/mol. The average molecular weight is 377 g/mol. The average Bonchev–Trinajstić information content (AvgIpc) is 3.00. The number of fused-ring (bicyclic) bond motifs is 2. The number of nitrogens with zero attached hydrogens (tertiary/aromatic N) is 1. The fraction of sp³-hybridized carbons (Fsp3) is 0.619. The maximum absolute atomic E-state index is 12.7. The molecule has 142 valence electrons. The number of ketones is 1. The maximum Gasteiger partial charge on any atom is 0.222 e. The quantitative estimate of drug-likeness (QED) is 0.819. The first-order chi connectivity index (χ1) is 12.2. The van der Waals surface area contributed by atoms with E-state index in [9.17, 15) is 9.59 Å². The number of rotatable bonds is 4. The van der Waals surface area contributed by atoms with E-state index < -0.39 is 0 Å². The van der Waals surface area contributed by atoms with Gasteiger partial charge in [0.05, 0.1) is 0 Å². The number of carbonyl (C=O) groups excluding carboxylic acids is 2. The molecule has 1 amide bonds. The summed E-state index contributed by atoms with van der Waals surface area (Å²) in [4.78, 5) is 27.2. The minimum atomic E-state index is 0. The van der Waals surface area contributed by atoms with Gasteiger partial charge in [-0.25, -0.2) is 0 Å². The van der Waals surface area contributed by atoms with Crippen LogP contribution in [0.2, 0.25) is 0 Å². The van der Waals surface area contributed by atoms with Crippen molar-refractivity contribution in [3.05, 3.63) is 35.9 Å². The van der Waals surface area contributed by atoms with Crippen LogP contribution in [-0.4, -0.2) is 41.8 Å². The molecule has 2 atom stereocenters. The summed E-state index contributed by atoms with van der Waals surface area (Å²) in [6.45, 7) is 1.47. The molecule has 2 bridgehead atoms. The summed E-state index contributed by atoms with van der Waals surface area (Å²) in [5.41, 5.74) is 0.803. The number of halogens is 1. The predicted molar refractivity (Wildman–Crippen MR) is 105 cm³/mol. The zero-order valence-electron chi connectivity index (χ0n) is 15.2. The van der Waals surface area contributed by atoms with Crippen LogP contribution < -0.4 is 5.32 Å². The molecule has 26 heavy (non-hydrogen) atoms. The molecule has 0 saturated carbocycles. The second-order valence-corrected chi connectivity index (χ2v) is 8.06. The number of hydrogen-bond donors (Lipinski definition) is 1. The molecule has 0 radical (unpaired) electrons. The summed E-state index contributed by atoms with van der Waals surface area (Å²) in [6, 6.07) is 10.8. The van der Waals surface area contributed by atoms with Gasteiger partial charge in [-0.05, 0) is 44.4 Å². The molecule has 0 aromatic heterocycles. The van der Waals surface area contributed by atoms with Crippen molar-refractivity contribution in [1.29, 1.82) is 0 Å². The Kier molecular flexibility index (Phi) is 6.36. The van der Waals surface area contributed by atoms with Gasteiger partial charge in [0.1, 0.15) is 0 Å². The van der Waals surface area contributed by atoms with Crippen LogP contribution in [-0.2, 0) is 4.79 Å². The van der Waals surface area contributed by atoms with E-state index in [2.05, 4.69) is 5.32 Å².